The molecule has 1 N–H and O–H groups in total. The molecule has 0 fully saturated rings. The smallest absolute Gasteiger partial charge is 0.0697 e. The van der Waals surface area contributed by atoms with E-state index in [-0.39, 0.29) is 6.04 Å². The van der Waals surface area contributed by atoms with Crippen molar-refractivity contribution in [3.8, 4) is 0 Å². The van der Waals surface area contributed by atoms with E-state index < -0.39 is 0 Å². The molecule has 0 amide bonds. The maximum Gasteiger partial charge on any atom is 0.0697 e. The zero-order chi connectivity index (χ0) is 13.5. The highest BCUT2D eigenvalue weighted by molar-refractivity contribution is 9.10. The molecule has 18 heavy (non-hydrogen) atoms. The Bertz CT molecular complexity index is 354. The number of hydrogen-bond acceptors (Lipinski definition) is 4. The maximum atomic E-state index is 5.16. The van der Waals surface area contributed by atoms with Crippen molar-refractivity contribution in [2.24, 2.45) is 0 Å². The van der Waals surface area contributed by atoms with Gasteiger partial charge in [0.2, 0.25) is 0 Å². The van der Waals surface area contributed by atoms with Crippen LogP contribution in [0, 0.1) is 0 Å². The summed E-state index contributed by atoms with van der Waals surface area (Å²) in [5.74, 6) is 0. The summed E-state index contributed by atoms with van der Waals surface area (Å²) < 4.78 is 8.27. The normalized spacial score (nSPS) is 13.2. The predicted molar refractivity (Wildman–Crippen MR) is 76.8 cm³/mol. The van der Waals surface area contributed by atoms with Gasteiger partial charge >= 0.3 is 0 Å². The van der Waals surface area contributed by atoms with Crippen molar-refractivity contribution in [1.29, 1.82) is 0 Å². The summed E-state index contributed by atoms with van der Waals surface area (Å²) in [7, 11) is 7.83. The van der Waals surface area contributed by atoms with Crippen molar-refractivity contribution in [1.82, 2.24) is 20.0 Å². The van der Waals surface area contributed by atoms with Crippen molar-refractivity contribution in [3.63, 3.8) is 0 Å². The fourth-order valence-corrected chi connectivity index (χ4v) is 2.42. The molecule has 0 aliphatic heterocycles. The molecule has 0 aliphatic rings. The number of rotatable bonds is 8. The van der Waals surface area contributed by atoms with Crippen molar-refractivity contribution >= 4 is 15.9 Å². The van der Waals surface area contributed by atoms with Gasteiger partial charge in [-0.15, -0.1) is 0 Å². The van der Waals surface area contributed by atoms with Crippen LogP contribution in [-0.2, 0) is 11.3 Å². The fourth-order valence-electron chi connectivity index (χ4n) is 1.84. The molecule has 0 saturated carbocycles. The average Bonchev–Trinajstić information content (AvgIpc) is 2.70. The first-order valence-corrected chi connectivity index (χ1v) is 6.91. The summed E-state index contributed by atoms with van der Waals surface area (Å²) in [5, 5.41) is 7.75. The lowest BCUT2D eigenvalue weighted by atomic mass is 10.1. The van der Waals surface area contributed by atoms with E-state index >= 15 is 0 Å². The summed E-state index contributed by atoms with van der Waals surface area (Å²) >= 11 is 3.58. The van der Waals surface area contributed by atoms with Crippen LogP contribution in [0.3, 0.4) is 0 Å². The predicted octanol–water partition coefficient (Wildman–Crippen LogP) is 1.50. The highest BCUT2D eigenvalue weighted by Crippen LogP contribution is 2.25. The van der Waals surface area contributed by atoms with Gasteiger partial charge in [-0.2, -0.15) is 5.10 Å². The third-order valence-corrected chi connectivity index (χ3v) is 3.49. The van der Waals surface area contributed by atoms with Crippen LogP contribution >= 0.6 is 15.9 Å². The van der Waals surface area contributed by atoms with Crippen LogP contribution < -0.4 is 5.32 Å². The second-order valence-corrected chi connectivity index (χ2v) is 5.38. The number of likely N-dealkylation sites (N-methyl/N-ethyl adjacent to an activating group) is 1. The summed E-state index contributed by atoms with van der Waals surface area (Å²) in [6, 6.07) is 0.254. The van der Waals surface area contributed by atoms with E-state index in [0.717, 1.165) is 30.6 Å². The molecule has 0 bridgehead atoms. The largest absolute Gasteiger partial charge is 0.385 e. The van der Waals surface area contributed by atoms with E-state index in [2.05, 4.69) is 50.0 Å². The van der Waals surface area contributed by atoms with Crippen LogP contribution in [0.4, 0.5) is 0 Å². The molecule has 0 aliphatic carbocycles. The van der Waals surface area contributed by atoms with Gasteiger partial charge in [0.05, 0.1) is 29.0 Å². The Morgan fingerprint density at radius 2 is 2.28 bits per heavy atom. The first kappa shape index (κ1) is 15.6. The van der Waals surface area contributed by atoms with E-state index in [4.69, 9.17) is 4.74 Å². The number of halogens is 1. The van der Waals surface area contributed by atoms with Crippen molar-refractivity contribution in [2.45, 2.75) is 19.0 Å². The second-order valence-electron chi connectivity index (χ2n) is 4.53. The zero-order valence-corrected chi connectivity index (χ0v) is 13.2. The highest BCUT2D eigenvalue weighted by Gasteiger charge is 2.18. The van der Waals surface area contributed by atoms with E-state index in [1.54, 1.807) is 7.11 Å². The first-order valence-electron chi connectivity index (χ1n) is 6.12. The van der Waals surface area contributed by atoms with Gasteiger partial charge in [-0.1, -0.05) is 0 Å². The van der Waals surface area contributed by atoms with Gasteiger partial charge in [0.25, 0.3) is 0 Å². The van der Waals surface area contributed by atoms with Crippen LogP contribution in [-0.4, -0.2) is 56.1 Å². The Hall–Kier alpha value is -0.430. The SMILES string of the molecule is CNC(CCOC)c1c(Br)cnn1CCN(C)C. The summed E-state index contributed by atoms with van der Waals surface area (Å²) in [6.07, 6.45) is 2.79. The zero-order valence-electron chi connectivity index (χ0n) is 11.6. The van der Waals surface area contributed by atoms with Gasteiger partial charge in [-0.05, 0) is 43.5 Å². The number of ether oxygens (including phenoxy) is 1. The molecular weight excluding hydrogens is 296 g/mol. The molecule has 6 heteroatoms. The average molecular weight is 319 g/mol. The molecule has 0 spiro atoms. The lowest BCUT2D eigenvalue weighted by Crippen LogP contribution is -2.25. The molecule has 0 radical (unpaired) electrons. The number of nitrogens with zero attached hydrogens (tertiary/aromatic N) is 3. The van der Waals surface area contributed by atoms with Gasteiger partial charge in [0.1, 0.15) is 0 Å². The van der Waals surface area contributed by atoms with Gasteiger partial charge in [-0.3, -0.25) is 4.68 Å². The van der Waals surface area contributed by atoms with Crippen LogP contribution in [0.15, 0.2) is 10.7 Å². The summed E-state index contributed by atoms with van der Waals surface area (Å²) in [6.45, 7) is 2.59. The Morgan fingerprint density at radius 3 is 2.83 bits per heavy atom. The highest BCUT2D eigenvalue weighted by atomic mass is 79.9. The molecule has 1 atom stereocenters. The number of hydrogen-bond donors (Lipinski definition) is 1. The minimum atomic E-state index is 0.254. The Balaban J connectivity index is 2.80. The second kappa shape index (κ2) is 7.89. The fraction of sp³-hybridized carbons (Fsp3) is 0.750. The van der Waals surface area contributed by atoms with Crippen LogP contribution in [0.25, 0.3) is 0 Å². The Labute approximate surface area is 118 Å². The van der Waals surface area contributed by atoms with Crippen molar-refractivity contribution < 1.29 is 4.74 Å². The van der Waals surface area contributed by atoms with Gasteiger partial charge < -0.3 is 15.0 Å². The standard InChI is InChI=1S/C12H23BrN4O/c1-14-11(5-8-18-4)12-10(13)9-15-17(12)7-6-16(2)3/h9,11,14H,5-8H2,1-4H3. The first-order chi connectivity index (χ1) is 8.60. The third kappa shape index (κ3) is 4.35. The molecule has 1 heterocycles. The molecule has 5 nitrogen and oxygen atoms in total. The van der Waals surface area contributed by atoms with E-state index in [0.29, 0.717) is 0 Å². The minimum Gasteiger partial charge on any atom is -0.385 e. The monoisotopic (exact) mass is 318 g/mol. The topological polar surface area (TPSA) is 42.3 Å². The Morgan fingerprint density at radius 1 is 1.56 bits per heavy atom. The van der Waals surface area contributed by atoms with Gasteiger partial charge in [0, 0.05) is 20.3 Å². The molecule has 1 rings (SSSR count). The van der Waals surface area contributed by atoms with Crippen molar-refractivity contribution in [3.05, 3.63) is 16.4 Å². The number of methoxy groups -OCH3 is 1. The summed E-state index contributed by atoms with van der Waals surface area (Å²) in [5.41, 5.74) is 1.19. The van der Waals surface area contributed by atoms with E-state index in [1.165, 1.54) is 5.69 Å². The molecule has 0 aromatic carbocycles. The third-order valence-electron chi connectivity index (χ3n) is 2.88. The molecular formula is C12H23BrN4O. The summed E-state index contributed by atoms with van der Waals surface area (Å²) in [4.78, 5) is 2.16. The molecule has 1 unspecified atom stereocenters. The quantitative estimate of drug-likeness (QED) is 0.789. The molecule has 104 valence electrons. The molecule has 1 aromatic rings. The van der Waals surface area contributed by atoms with Crippen LogP contribution in [0.5, 0.6) is 0 Å². The number of aromatic nitrogens is 2. The van der Waals surface area contributed by atoms with Crippen molar-refractivity contribution in [2.75, 3.05) is 41.4 Å². The van der Waals surface area contributed by atoms with E-state index in [9.17, 15) is 0 Å². The lowest BCUT2D eigenvalue weighted by Gasteiger charge is -2.19. The maximum absolute atomic E-state index is 5.16. The Kier molecular flexibility index (Phi) is 6.85. The van der Waals surface area contributed by atoms with Gasteiger partial charge in [0.15, 0.2) is 0 Å². The lowest BCUT2D eigenvalue weighted by molar-refractivity contribution is 0.182. The molecule has 1 aromatic heterocycles. The van der Waals surface area contributed by atoms with Crippen LogP contribution in [0.1, 0.15) is 18.2 Å². The molecule has 0 saturated heterocycles. The van der Waals surface area contributed by atoms with Crippen LogP contribution in [0.2, 0.25) is 0 Å². The number of nitrogens with one attached hydrogen (secondary N) is 1. The minimum absolute atomic E-state index is 0.254. The van der Waals surface area contributed by atoms with E-state index in [1.807, 2.05) is 13.2 Å². The van der Waals surface area contributed by atoms with Gasteiger partial charge in [-0.25, -0.2) is 0 Å².